The maximum atomic E-state index is 12.7. The molecule has 4 rings (SSSR count). The second kappa shape index (κ2) is 12.9. The van der Waals surface area contributed by atoms with Crippen LogP contribution in [0.25, 0.3) is 11.5 Å². The molecule has 0 aliphatic heterocycles. The van der Waals surface area contributed by atoms with Crippen molar-refractivity contribution < 1.29 is 46.5 Å². The topological polar surface area (TPSA) is 111 Å². The van der Waals surface area contributed by atoms with Gasteiger partial charge in [0.15, 0.2) is 0 Å². The summed E-state index contributed by atoms with van der Waals surface area (Å²) >= 11 is 0. The van der Waals surface area contributed by atoms with Crippen molar-refractivity contribution in [2.45, 2.75) is 26.3 Å². The zero-order chi connectivity index (χ0) is 29.4. The van der Waals surface area contributed by atoms with E-state index >= 15 is 0 Å². The number of carboxylic acids is 1. The standard InChI is InChI=1S/C29H25F3N2O7/c1-19-25(33-27(39-19)21-8-3-2-4-9-21)13-14-38-22-10-5-7-20(15-22)17-34(18-26(35)36)28(37)40-23-11-6-12-24(16-23)41-29(30,31)32/h2-12,15-16H,13-14,17-18H2,1H3,(H,35,36). The van der Waals surface area contributed by atoms with Gasteiger partial charge in [0, 0.05) is 24.6 Å². The molecule has 1 heterocycles. The van der Waals surface area contributed by atoms with Gasteiger partial charge in [-0.3, -0.25) is 9.69 Å². The Kier molecular flexibility index (Phi) is 9.12. The molecule has 12 heteroatoms. The monoisotopic (exact) mass is 570 g/mol. The van der Waals surface area contributed by atoms with Crippen LogP contribution < -0.4 is 14.2 Å². The highest BCUT2D eigenvalue weighted by Crippen LogP contribution is 2.27. The Morgan fingerprint density at radius 1 is 0.951 bits per heavy atom. The van der Waals surface area contributed by atoms with E-state index in [0.29, 0.717) is 29.4 Å². The van der Waals surface area contributed by atoms with Gasteiger partial charge in [0.25, 0.3) is 0 Å². The number of amides is 1. The molecule has 0 saturated carbocycles. The second-order valence-corrected chi connectivity index (χ2v) is 8.77. The Hall–Kier alpha value is -5.00. The van der Waals surface area contributed by atoms with E-state index in [9.17, 15) is 27.9 Å². The van der Waals surface area contributed by atoms with Gasteiger partial charge in [-0.25, -0.2) is 9.78 Å². The van der Waals surface area contributed by atoms with Crippen LogP contribution in [0.15, 0.2) is 83.3 Å². The van der Waals surface area contributed by atoms with Gasteiger partial charge in [-0.05, 0) is 48.9 Å². The minimum absolute atomic E-state index is 0.163. The highest BCUT2D eigenvalue weighted by atomic mass is 19.4. The molecule has 0 radical (unpaired) electrons. The predicted molar refractivity (Wildman–Crippen MR) is 140 cm³/mol. The smallest absolute Gasteiger partial charge is 0.493 e. The molecule has 4 aromatic rings. The number of carboxylic acid groups (broad SMARTS) is 1. The molecule has 0 atom stereocenters. The fraction of sp³-hybridized carbons (Fsp3) is 0.207. The van der Waals surface area contributed by atoms with Gasteiger partial charge < -0.3 is 23.7 Å². The number of carbonyl (C=O) groups excluding carboxylic acids is 1. The maximum absolute atomic E-state index is 12.7. The number of alkyl halides is 3. The van der Waals surface area contributed by atoms with Gasteiger partial charge in [-0.1, -0.05) is 36.4 Å². The van der Waals surface area contributed by atoms with E-state index in [2.05, 4.69) is 9.72 Å². The number of hydrogen-bond donors (Lipinski definition) is 1. The number of carbonyl (C=O) groups is 2. The highest BCUT2D eigenvalue weighted by Gasteiger charge is 2.31. The summed E-state index contributed by atoms with van der Waals surface area (Å²) < 4.78 is 58.1. The van der Waals surface area contributed by atoms with Gasteiger partial charge in [0.1, 0.15) is 29.6 Å². The molecule has 214 valence electrons. The van der Waals surface area contributed by atoms with Crippen molar-refractivity contribution in [2.24, 2.45) is 0 Å². The van der Waals surface area contributed by atoms with Crippen molar-refractivity contribution >= 4 is 12.1 Å². The van der Waals surface area contributed by atoms with Crippen LogP contribution in [0.3, 0.4) is 0 Å². The van der Waals surface area contributed by atoms with Crippen molar-refractivity contribution in [2.75, 3.05) is 13.2 Å². The van der Waals surface area contributed by atoms with Crippen LogP contribution in [0, 0.1) is 6.92 Å². The van der Waals surface area contributed by atoms with E-state index in [1.165, 1.54) is 12.1 Å². The summed E-state index contributed by atoms with van der Waals surface area (Å²) in [5, 5.41) is 9.29. The van der Waals surface area contributed by atoms with Crippen LogP contribution >= 0.6 is 0 Å². The fourth-order valence-electron chi connectivity index (χ4n) is 3.83. The number of oxazole rings is 1. The summed E-state index contributed by atoms with van der Waals surface area (Å²) in [5.74, 6) is -0.462. The molecular formula is C29H25F3N2O7. The Labute approximate surface area is 232 Å². The molecule has 41 heavy (non-hydrogen) atoms. The van der Waals surface area contributed by atoms with Crippen molar-refractivity contribution in [3.8, 4) is 28.7 Å². The molecule has 0 spiro atoms. The summed E-state index contributed by atoms with van der Waals surface area (Å²) in [7, 11) is 0. The normalized spacial score (nSPS) is 11.1. The second-order valence-electron chi connectivity index (χ2n) is 8.77. The number of benzene rings is 3. The van der Waals surface area contributed by atoms with Gasteiger partial charge >= 0.3 is 18.4 Å². The summed E-state index contributed by atoms with van der Waals surface area (Å²) in [5.41, 5.74) is 2.15. The van der Waals surface area contributed by atoms with E-state index in [1.807, 2.05) is 37.3 Å². The molecule has 0 aliphatic carbocycles. The van der Waals surface area contributed by atoms with E-state index in [4.69, 9.17) is 13.9 Å². The van der Waals surface area contributed by atoms with Crippen molar-refractivity contribution in [3.63, 3.8) is 0 Å². The van der Waals surface area contributed by atoms with Crippen molar-refractivity contribution in [1.82, 2.24) is 9.88 Å². The molecular weight excluding hydrogens is 545 g/mol. The number of aromatic nitrogens is 1. The Morgan fingerprint density at radius 3 is 2.39 bits per heavy atom. The molecule has 1 aromatic heterocycles. The van der Waals surface area contributed by atoms with Gasteiger partial charge in [-0.15, -0.1) is 13.2 Å². The van der Waals surface area contributed by atoms with Crippen LogP contribution in [0.5, 0.6) is 17.2 Å². The summed E-state index contributed by atoms with van der Waals surface area (Å²) in [4.78, 5) is 29.6. The minimum Gasteiger partial charge on any atom is -0.493 e. The fourth-order valence-corrected chi connectivity index (χ4v) is 3.83. The summed E-state index contributed by atoms with van der Waals surface area (Å²) in [6.45, 7) is 1.23. The Balaban J connectivity index is 1.37. The van der Waals surface area contributed by atoms with E-state index in [-0.39, 0.29) is 18.9 Å². The average Bonchev–Trinajstić information content (AvgIpc) is 3.28. The lowest BCUT2D eigenvalue weighted by Crippen LogP contribution is -2.37. The van der Waals surface area contributed by atoms with Gasteiger partial charge in [0.2, 0.25) is 5.89 Å². The van der Waals surface area contributed by atoms with Gasteiger partial charge in [0.05, 0.1) is 12.3 Å². The number of aliphatic carboxylic acids is 1. The lowest BCUT2D eigenvalue weighted by molar-refractivity contribution is -0.274. The Bertz CT molecular complexity index is 1490. The number of rotatable bonds is 11. The van der Waals surface area contributed by atoms with Crippen molar-refractivity contribution in [1.29, 1.82) is 0 Å². The average molecular weight is 571 g/mol. The maximum Gasteiger partial charge on any atom is 0.573 e. The quantitative estimate of drug-likeness (QED) is 0.225. The van der Waals surface area contributed by atoms with Crippen LogP contribution in [-0.2, 0) is 17.8 Å². The van der Waals surface area contributed by atoms with Crippen LogP contribution in [-0.4, -0.2) is 46.6 Å². The van der Waals surface area contributed by atoms with Crippen LogP contribution in [0.4, 0.5) is 18.0 Å². The lowest BCUT2D eigenvalue weighted by atomic mass is 10.2. The third-order valence-corrected chi connectivity index (χ3v) is 5.62. The number of nitrogens with zero attached hydrogens (tertiary/aromatic N) is 2. The molecule has 0 aliphatic rings. The van der Waals surface area contributed by atoms with Crippen LogP contribution in [0.1, 0.15) is 17.0 Å². The van der Waals surface area contributed by atoms with Crippen LogP contribution in [0.2, 0.25) is 0 Å². The number of aryl methyl sites for hydroxylation is 1. The molecule has 0 fully saturated rings. The lowest BCUT2D eigenvalue weighted by Gasteiger charge is -2.21. The Morgan fingerprint density at radius 2 is 1.66 bits per heavy atom. The molecule has 0 saturated heterocycles. The molecule has 3 aromatic carbocycles. The first kappa shape index (κ1) is 29.0. The predicted octanol–water partition coefficient (Wildman–Crippen LogP) is 6.26. The number of halogens is 3. The third kappa shape index (κ3) is 8.75. The number of hydrogen-bond acceptors (Lipinski definition) is 7. The van der Waals surface area contributed by atoms with Crippen molar-refractivity contribution in [3.05, 3.63) is 95.9 Å². The zero-order valence-electron chi connectivity index (χ0n) is 21.8. The van der Waals surface area contributed by atoms with E-state index in [0.717, 1.165) is 28.3 Å². The minimum atomic E-state index is -4.93. The SMILES string of the molecule is Cc1oc(-c2ccccc2)nc1CCOc1cccc(CN(CC(=O)O)C(=O)Oc2cccc(OC(F)(F)F)c2)c1. The number of ether oxygens (including phenoxy) is 3. The third-order valence-electron chi connectivity index (χ3n) is 5.62. The van der Waals surface area contributed by atoms with Gasteiger partial charge in [-0.2, -0.15) is 0 Å². The summed E-state index contributed by atoms with van der Waals surface area (Å²) in [6.07, 6.45) is -5.52. The molecule has 0 bridgehead atoms. The molecule has 1 amide bonds. The largest absolute Gasteiger partial charge is 0.573 e. The highest BCUT2D eigenvalue weighted by molar-refractivity contribution is 5.78. The first-order chi connectivity index (χ1) is 19.6. The molecule has 0 unspecified atom stereocenters. The van der Waals surface area contributed by atoms with E-state index in [1.54, 1.807) is 24.3 Å². The zero-order valence-corrected chi connectivity index (χ0v) is 21.8. The molecule has 1 N–H and O–H groups in total. The molecule has 9 nitrogen and oxygen atoms in total. The first-order valence-electron chi connectivity index (χ1n) is 12.3. The van der Waals surface area contributed by atoms with E-state index < -0.39 is 30.7 Å². The first-order valence-corrected chi connectivity index (χ1v) is 12.3. The summed E-state index contributed by atoms with van der Waals surface area (Å²) in [6, 6.07) is 20.6.